The molecule has 0 amide bonds. The fraction of sp³-hybridized carbons (Fsp3) is 0.0667. The van der Waals surface area contributed by atoms with Crippen molar-refractivity contribution in [2.24, 2.45) is 0 Å². The minimum absolute atomic E-state index is 0.0621. The van der Waals surface area contributed by atoms with Crippen LogP contribution in [0.5, 0.6) is 0 Å². The monoisotopic (exact) mass is 678 g/mol. The van der Waals surface area contributed by atoms with E-state index in [-0.39, 0.29) is 19.9 Å². The van der Waals surface area contributed by atoms with E-state index in [1.807, 2.05) is 0 Å². The first kappa shape index (κ1) is 26.7. The van der Waals surface area contributed by atoms with Gasteiger partial charge in [0.1, 0.15) is 0 Å². The third-order valence-electron chi connectivity index (χ3n) is 10.9. The van der Waals surface area contributed by atoms with Gasteiger partial charge in [-0.15, -0.1) is 0 Å². The number of benzene rings is 7. The molecule has 0 fully saturated rings. The van der Waals surface area contributed by atoms with Crippen molar-refractivity contribution >= 4 is 77.4 Å². The van der Waals surface area contributed by atoms with Gasteiger partial charge in [-0.25, -0.2) is 0 Å². The fourth-order valence-electron chi connectivity index (χ4n) is 8.71. The molecule has 7 aromatic carbocycles. The summed E-state index contributed by atoms with van der Waals surface area (Å²) in [6.07, 6.45) is 0. The van der Waals surface area contributed by atoms with Gasteiger partial charge in [0.25, 0.3) is 0 Å². The second-order valence-corrected chi connectivity index (χ2v) is 16.0. The Kier molecular flexibility index (Phi) is 5.22. The SMILES string of the molecule is CC1(C)c2ccccc2-c2ccc(-n3c4ccccc4c4cc5c6ccccc6n(-c6cccc7c6[se]c6ccccc67)c5cc43)cc21. The van der Waals surface area contributed by atoms with Gasteiger partial charge in [-0.1, -0.05) is 24.3 Å². The van der Waals surface area contributed by atoms with Gasteiger partial charge in [-0.3, -0.25) is 0 Å². The van der Waals surface area contributed by atoms with Crippen LogP contribution in [0.2, 0.25) is 0 Å². The Bertz CT molecular complexity index is 2980. The van der Waals surface area contributed by atoms with Crippen molar-refractivity contribution in [1.29, 1.82) is 0 Å². The van der Waals surface area contributed by atoms with Crippen LogP contribution < -0.4 is 0 Å². The second-order valence-electron chi connectivity index (χ2n) is 13.7. The maximum absolute atomic E-state index is 2.54. The van der Waals surface area contributed by atoms with E-state index in [2.05, 4.69) is 169 Å². The van der Waals surface area contributed by atoms with Crippen molar-refractivity contribution in [2.75, 3.05) is 0 Å². The molecule has 0 aliphatic heterocycles. The molecule has 0 N–H and O–H groups in total. The zero-order valence-corrected chi connectivity index (χ0v) is 28.4. The van der Waals surface area contributed by atoms with Crippen molar-refractivity contribution in [1.82, 2.24) is 9.13 Å². The third kappa shape index (κ3) is 3.37. The molecule has 3 heterocycles. The van der Waals surface area contributed by atoms with Gasteiger partial charge in [0.15, 0.2) is 0 Å². The van der Waals surface area contributed by atoms with Crippen LogP contribution in [-0.2, 0) is 5.41 Å². The molecule has 0 saturated heterocycles. The Morgan fingerprint density at radius 1 is 0.438 bits per heavy atom. The molecule has 1 aliphatic rings. The number of para-hydroxylation sites is 2. The van der Waals surface area contributed by atoms with Gasteiger partial charge in [0, 0.05) is 0 Å². The van der Waals surface area contributed by atoms with Crippen LogP contribution in [0.4, 0.5) is 0 Å². The van der Waals surface area contributed by atoms with E-state index in [1.165, 1.54) is 96.5 Å². The van der Waals surface area contributed by atoms with Crippen LogP contribution in [0.3, 0.4) is 0 Å². The predicted octanol–water partition coefficient (Wildman–Crippen LogP) is 11.6. The van der Waals surface area contributed by atoms with Crippen molar-refractivity contribution < 1.29 is 0 Å². The molecule has 2 nitrogen and oxygen atoms in total. The first-order valence-electron chi connectivity index (χ1n) is 16.7. The molecule has 0 saturated carbocycles. The summed E-state index contributed by atoms with van der Waals surface area (Å²) in [7, 11) is 0. The minimum atomic E-state index is -0.0621. The molecule has 0 unspecified atom stereocenters. The van der Waals surface area contributed by atoms with E-state index >= 15 is 0 Å². The average Bonchev–Trinajstić information content (AvgIpc) is 3.83. The van der Waals surface area contributed by atoms with Gasteiger partial charge in [-0.2, -0.15) is 0 Å². The Balaban J connectivity index is 1.25. The van der Waals surface area contributed by atoms with Crippen molar-refractivity contribution in [3.8, 4) is 22.5 Å². The first-order chi connectivity index (χ1) is 23.6. The number of rotatable bonds is 2. The van der Waals surface area contributed by atoms with Crippen LogP contribution >= 0.6 is 0 Å². The van der Waals surface area contributed by atoms with Crippen LogP contribution in [0.15, 0.2) is 146 Å². The van der Waals surface area contributed by atoms with Gasteiger partial charge >= 0.3 is 261 Å². The predicted molar refractivity (Wildman–Crippen MR) is 205 cm³/mol. The number of hydrogen-bond donors (Lipinski definition) is 0. The van der Waals surface area contributed by atoms with Gasteiger partial charge in [0.05, 0.1) is 0 Å². The van der Waals surface area contributed by atoms with Gasteiger partial charge in [-0.05, 0) is 0 Å². The summed E-state index contributed by atoms with van der Waals surface area (Å²) in [6, 6.07) is 54.7. The van der Waals surface area contributed by atoms with E-state index < -0.39 is 0 Å². The average molecular weight is 678 g/mol. The summed E-state index contributed by atoms with van der Waals surface area (Å²) < 4.78 is 7.98. The molecular formula is C45H30N2Se. The fourth-order valence-corrected chi connectivity index (χ4v) is 11.2. The van der Waals surface area contributed by atoms with E-state index in [1.54, 1.807) is 0 Å². The Hall–Kier alpha value is -5.34. The van der Waals surface area contributed by atoms with Gasteiger partial charge in [0.2, 0.25) is 0 Å². The van der Waals surface area contributed by atoms with Crippen molar-refractivity contribution in [2.45, 2.75) is 19.3 Å². The standard InChI is InChI=1S/C45H30N2Se/c1-45(2)36-17-7-3-12-28(36)29-23-22-27(24-37(29)45)46-38-18-8-4-13-30(38)34-25-35-31-14-5-9-19-39(31)47(42(35)26-41(34)46)40-20-11-16-33-32-15-6-10-21-43(32)48-44(33)40/h3-26H,1-2H3. The number of nitrogens with zero attached hydrogens (tertiary/aromatic N) is 2. The van der Waals surface area contributed by atoms with E-state index in [0.717, 1.165) is 0 Å². The second kappa shape index (κ2) is 9.39. The summed E-state index contributed by atoms with van der Waals surface area (Å²) in [5.74, 6) is 0. The molecular weight excluding hydrogens is 647 g/mol. The number of hydrogen-bond acceptors (Lipinski definition) is 0. The number of fused-ring (bicyclic) bond motifs is 12. The summed E-state index contributed by atoms with van der Waals surface area (Å²) in [6.45, 7) is 4.74. The van der Waals surface area contributed by atoms with Crippen LogP contribution in [0, 0.1) is 0 Å². The summed E-state index contributed by atoms with van der Waals surface area (Å²) >= 11 is 0.244. The molecule has 48 heavy (non-hydrogen) atoms. The molecule has 226 valence electrons. The normalized spacial score (nSPS) is 13.8. The molecule has 3 aromatic heterocycles. The molecule has 11 rings (SSSR count). The van der Waals surface area contributed by atoms with Crippen LogP contribution in [0.1, 0.15) is 25.0 Å². The van der Waals surface area contributed by atoms with Crippen molar-refractivity contribution in [3.63, 3.8) is 0 Å². The molecule has 0 radical (unpaired) electrons. The first-order valence-corrected chi connectivity index (χ1v) is 18.4. The maximum atomic E-state index is 2.54. The van der Waals surface area contributed by atoms with E-state index in [9.17, 15) is 0 Å². The third-order valence-corrected chi connectivity index (χ3v) is 13.5. The quantitative estimate of drug-likeness (QED) is 0.161. The Morgan fingerprint density at radius 2 is 1.06 bits per heavy atom. The summed E-state index contributed by atoms with van der Waals surface area (Å²) in [5, 5.41) is 7.94. The van der Waals surface area contributed by atoms with Gasteiger partial charge < -0.3 is 0 Å². The van der Waals surface area contributed by atoms with E-state index in [4.69, 9.17) is 0 Å². The molecule has 3 heteroatoms. The zero-order chi connectivity index (χ0) is 31.7. The molecule has 0 atom stereocenters. The topological polar surface area (TPSA) is 9.86 Å². The Morgan fingerprint density at radius 3 is 1.88 bits per heavy atom. The number of aromatic nitrogens is 2. The zero-order valence-electron chi connectivity index (χ0n) is 26.7. The van der Waals surface area contributed by atoms with Crippen LogP contribution in [-0.4, -0.2) is 23.6 Å². The van der Waals surface area contributed by atoms with E-state index in [0.29, 0.717) is 0 Å². The molecule has 10 aromatic rings. The molecule has 0 spiro atoms. The Labute approximate surface area is 283 Å². The summed E-state index contributed by atoms with van der Waals surface area (Å²) in [5.41, 5.74) is 12.9. The summed E-state index contributed by atoms with van der Waals surface area (Å²) in [4.78, 5) is 0. The van der Waals surface area contributed by atoms with Crippen LogP contribution in [0.25, 0.3) is 85.4 Å². The van der Waals surface area contributed by atoms with Crippen molar-refractivity contribution in [3.05, 3.63) is 157 Å². The molecule has 1 aliphatic carbocycles. The molecule has 0 bridgehead atoms.